The number of phosphoric ester groups is 4. The van der Waals surface area contributed by atoms with Crippen LogP contribution < -0.4 is 63.9 Å². The molecule has 0 radical (unpaired) electrons. The lowest BCUT2D eigenvalue weighted by atomic mass is 9.79. The predicted octanol–water partition coefficient (Wildman–Crippen LogP) is 7.63. The Morgan fingerprint density at radius 1 is 0.307 bits per heavy atom. The van der Waals surface area contributed by atoms with Crippen LogP contribution >= 0.6 is 31.3 Å². The number of fused-ring (bicyclic) bond motifs is 8. The molecule has 48 heteroatoms. The highest BCUT2D eigenvalue weighted by Crippen LogP contribution is 2.54. The Morgan fingerprint density at radius 3 is 0.636 bits per heavy atom. The quantitative estimate of drug-likeness (QED) is 0.0133. The van der Waals surface area contributed by atoms with Crippen LogP contribution in [0.3, 0.4) is 0 Å². The van der Waals surface area contributed by atoms with E-state index >= 15 is 0 Å². The molecule has 16 atom stereocenters. The molecule has 44 nitrogen and oxygen atoms in total. The van der Waals surface area contributed by atoms with Crippen molar-refractivity contribution in [2.24, 2.45) is 0 Å². The summed E-state index contributed by atoms with van der Waals surface area (Å²) in [5, 5.41) is 42.0. The van der Waals surface area contributed by atoms with E-state index in [4.69, 9.17) is 74.1 Å². The number of H-pyrrole nitrogens is 4. The Morgan fingerprint density at radius 2 is 0.479 bits per heavy atom. The second-order valence-electron chi connectivity index (χ2n) is 39.5. The molecule has 4 fully saturated rings. The first-order valence-corrected chi connectivity index (χ1v) is 51.6. The largest absolute Gasteiger partial charge is 0.491 e. The minimum Gasteiger partial charge on any atom is -0.491 e. The van der Waals surface area contributed by atoms with Gasteiger partial charge in [-0.3, -0.25) is 93.6 Å². The summed E-state index contributed by atoms with van der Waals surface area (Å²) in [5.74, 6) is 0.794. The number of aromatic amines is 4. The molecular formula is C92H124N8O36P4. The van der Waals surface area contributed by atoms with Gasteiger partial charge in [-0.2, -0.15) is 0 Å². The van der Waals surface area contributed by atoms with E-state index in [-0.39, 0.29) is 96.6 Å². The van der Waals surface area contributed by atoms with E-state index in [9.17, 15) is 96.6 Å². The maximum Gasteiger partial charge on any atom is 0.472 e. The number of aliphatic hydroxyl groups is 4. The maximum atomic E-state index is 14.3. The number of hydrogen-bond donors (Lipinski definition) is 12. The first kappa shape index (κ1) is 108. The topological polar surface area (TPSA) is 597 Å². The van der Waals surface area contributed by atoms with Gasteiger partial charge >= 0.3 is 54.0 Å². The van der Waals surface area contributed by atoms with Crippen LogP contribution in [0.25, 0.3) is 0 Å². The molecule has 0 spiro atoms. The summed E-state index contributed by atoms with van der Waals surface area (Å²) in [6.07, 6.45) is -11.6. The molecule has 768 valence electrons. The summed E-state index contributed by atoms with van der Waals surface area (Å²) in [4.78, 5) is 157. The molecule has 140 heavy (non-hydrogen) atoms. The molecule has 8 heterocycles. The van der Waals surface area contributed by atoms with Crippen molar-refractivity contribution >= 4 is 31.3 Å². The third kappa shape index (κ3) is 26.4. The summed E-state index contributed by atoms with van der Waals surface area (Å²) in [7, 11) is -20.7. The van der Waals surface area contributed by atoms with Gasteiger partial charge in [0.15, 0.2) is 0 Å². The van der Waals surface area contributed by atoms with Crippen molar-refractivity contribution in [3.63, 3.8) is 0 Å². The van der Waals surface area contributed by atoms with Crippen molar-refractivity contribution in [2.45, 2.75) is 258 Å². The highest BCUT2D eigenvalue weighted by atomic mass is 31.2. The van der Waals surface area contributed by atoms with E-state index in [0.717, 1.165) is 40.5 Å². The van der Waals surface area contributed by atoms with Crippen molar-refractivity contribution in [2.75, 3.05) is 79.3 Å². The molecule has 5 aliphatic rings. The molecule has 13 rings (SSSR count). The van der Waals surface area contributed by atoms with Crippen molar-refractivity contribution in [1.82, 2.24) is 38.2 Å². The lowest BCUT2D eigenvalue weighted by molar-refractivity contribution is -0.0466. The normalized spacial score (nSPS) is 23.1. The van der Waals surface area contributed by atoms with Gasteiger partial charge in [-0.25, -0.2) is 37.4 Å². The molecule has 4 aromatic carbocycles. The van der Waals surface area contributed by atoms with Gasteiger partial charge in [0.25, 0.3) is 22.2 Å². The SMILES string of the molecule is Cc1cn(C2CC(OP(=O)(O)OCCOc3c4cc(C(C)(C)C)cc3Cc3cc(C(C)(C)C)cc(c3OCCOP(=O)(O)OC3CC(n5cc(C)c(=O)[nH]c5=O)OC3CO)Cc3cc(C(C)(C)C)cc(c3OCCOP(=O)(O)OC3CC(n5cc(C)c(=O)[nH]c5=O)OC3CO)Cc3cc(C(C)(C)C)cc(c3OCCOP(=O)(O)OC3CC(n5cc(C)c(=O)[nH]c5=O)OC3CO)C4)C(CO)O2)c(=O)[nH]c1=O. The number of nitrogens with zero attached hydrogens (tertiary/aromatic N) is 4. The van der Waals surface area contributed by atoms with Gasteiger partial charge in [0.05, 0.1) is 52.9 Å². The first-order chi connectivity index (χ1) is 65.5. The van der Waals surface area contributed by atoms with Crippen molar-refractivity contribution in [3.8, 4) is 23.0 Å². The summed E-state index contributed by atoms with van der Waals surface area (Å²) < 4.78 is 159. The minimum atomic E-state index is -5.17. The number of aliphatic hydroxyl groups excluding tert-OH is 4. The van der Waals surface area contributed by atoms with E-state index in [0.29, 0.717) is 44.5 Å². The Hall–Kier alpha value is -9.08. The average molecular weight is 2040 g/mol. The van der Waals surface area contributed by atoms with E-state index in [1.807, 2.05) is 132 Å². The Bertz CT molecular complexity index is 5740. The van der Waals surface area contributed by atoms with Gasteiger partial charge in [-0.15, -0.1) is 0 Å². The van der Waals surface area contributed by atoms with E-state index in [2.05, 4.69) is 19.9 Å². The zero-order valence-corrected chi connectivity index (χ0v) is 84.2. The van der Waals surface area contributed by atoms with Crippen molar-refractivity contribution in [3.05, 3.63) is 246 Å². The van der Waals surface area contributed by atoms with Gasteiger partial charge in [-0.05, 0) is 116 Å². The van der Waals surface area contributed by atoms with Crippen molar-refractivity contribution in [1.29, 1.82) is 0 Å². The standard InChI is InChI=1S/C92H124N8O36P4/c1-49-41-97(85(109)93-81(49)105)73-37-65(69(45-101)129-73)133-137(113,114)125-21-17-121-77-53-25-55-31-62(90(8,9)10)33-57(78(55)122-18-22-126-138(115,116)134-66-38-74(130-70(66)46-102)98-42-50(2)82(106)94-86(98)110)27-59-35-64(92(14,15)16)36-60(80(59)124-20-24-128-140(119,120)136-68-40-76(132-72(68)48-104)100-44-52(4)84(108)96-88(100)112)28-58-34-63(91(11,12)13)32-56(26-54(77)30-61(29-53)89(5,6)7)79(58)123-19-23-127-139(117,118)135-67-39-75(131-71(67)47-103)99-43-51(3)83(107)95-87(99)111/h29-36,41-44,65-76,101-104H,17-28,37-40,45-48H2,1-16H3,(H,113,114)(H,115,116)(H,117,118)(H,119,120)(H,93,105,109)(H,94,106,110)(H,95,107,111)(H,96,108,112). The van der Waals surface area contributed by atoms with Crippen LogP contribution in [0.5, 0.6) is 23.0 Å². The van der Waals surface area contributed by atoms with E-state index < -0.39 is 251 Å². The molecule has 8 aromatic rings. The fourth-order valence-corrected chi connectivity index (χ4v) is 20.9. The highest BCUT2D eigenvalue weighted by Gasteiger charge is 2.47. The second-order valence-corrected chi connectivity index (χ2v) is 45.1. The lowest BCUT2D eigenvalue weighted by Crippen LogP contribution is -2.33. The highest BCUT2D eigenvalue weighted by molar-refractivity contribution is 7.48. The number of hydrogen-bond acceptors (Lipinski definition) is 32. The van der Waals surface area contributed by atoms with Crippen LogP contribution in [-0.2, 0) is 121 Å². The third-order valence-corrected chi connectivity index (χ3v) is 28.8. The fourth-order valence-electron chi connectivity index (χ4n) is 17.1. The fraction of sp³-hybridized carbons (Fsp3) is 0.565. The zero-order chi connectivity index (χ0) is 102. The first-order valence-electron chi connectivity index (χ1n) is 45.6. The van der Waals surface area contributed by atoms with Gasteiger partial charge < -0.3 is 77.9 Å². The molecule has 12 N–H and O–H groups in total. The van der Waals surface area contributed by atoms with Gasteiger partial charge in [0.2, 0.25) is 0 Å². The predicted molar refractivity (Wildman–Crippen MR) is 503 cm³/mol. The number of phosphoric acid groups is 4. The molecule has 4 aromatic heterocycles. The average Bonchev–Trinajstić information content (AvgIpc) is 0.971. The second kappa shape index (κ2) is 43.5. The number of ether oxygens (including phenoxy) is 8. The van der Waals surface area contributed by atoms with Gasteiger partial charge in [0, 0.05) is 98.4 Å². The molecular weight excluding hydrogens is 1920 g/mol. The summed E-state index contributed by atoms with van der Waals surface area (Å²) in [5.41, 5.74) is -1.41. The minimum absolute atomic E-state index is 0.0966. The Kier molecular flexibility index (Phi) is 33.6. The number of aryl methyl sites for hydroxylation is 4. The summed E-state index contributed by atoms with van der Waals surface area (Å²) in [6.45, 7) is 22.2. The molecule has 0 saturated carbocycles. The van der Waals surface area contributed by atoms with Crippen LogP contribution in [0, 0.1) is 27.7 Å². The molecule has 16 unspecified atom stereocenters. The van der Waals surface area contributed by atoms with Crippen LogP contribution in [0.4, 0.5) is 0 Å². The van der Waals surface area contributed by atoms with Crippen LogP contribution in [0.15, 0.2) is 112 Å². The Balaban J connectivity index is 0.925. The van der Waals surface area contributed by atoms with Crippen LogP contribution in [0.1, 0.15) is 223 Å². The lowest BCUT2D eigenvalue weighted by Gasteiger charge is -2.29. The third-order valence-electron chi connectivity index (χ3n) is 24.6. The van der Waals surface area contributed by atoms with E-state index in [1.165, 1.54) is 52.5 Å². The monoisotopic (exact) mass is 2040 g/mol. The Labute approximate surface area is 803 Å². The van der Waals surface area contributed by atoms with Gasteiger partial charge in [-0.1, -0.05) is 132 Å². The molecule has 4 aliphatic heterocycles. The molecule has 1 aliphatic carbocycles. The van der Waals surface area contributed by atoms with Crippen molar-refractivity contribution < 1.29 is 132 Å². The van der Waals surface area contributed by atoms with E-state index in [1.54, 1.807) is 0 Å². The molecule has 4 saturated heterocycles. The molecule has 0 amide bonds. The number of nitrogens with one attached hydrogen (secondary N) is 4. The smallest absolute Gasteiger partial charge is 0.472 e. The summed E-state index contributed by atoms with van der Waals surface area (Å²) >= 11 is 0. The van der Waals surface area contributed by atoms with Gasteiger partial charge in [0.1, 0.15) is 123 Å². The molecule has 8 bridgehead atoms. The maximum absolute atomic E-state index is 14.3. The van der Waals surface area contributed by atoms with Crippen LogP contribution in [-0.4, -0.2) is 206 Å². The zero-order valence-electron chi connectivity index (χ0n) is 80.6. The number of rotatable bonds is 36. The summed E-state index contributed by atoms with van der Waals surface area (Å²) in [6, 6.07) is 15.5. The number of aromatic nitrogens is 8. The number of benzene rings is 4. The van der Waals surface area contributed by atoms with Crippen LogP contribution in [0.2, 0.25) is 0 Å².